The fourth-order valence-corrected chi connectivity index (χ4v) is 12.8. The summed E-state index contributed by atoms with van der Waals surface area (Å²) in [5.74, 6) is 0. The zero-order valence-corrected chi connectivity index (χ0v) is 23.3. The Hall–Kier alpha value is -2.64. The summed E-state index contributed by atoms with van der Waals surface area (Å²) in [4.78, 5) is 0. The van der Waals surface area contributed by atoms with Crippen LogP contribution in [0.2, 0.25) is 5.04 Å². The fourth-order valence-electron chi connectivity index (χ4n) is 6.39. The molecule has 34 heavy (non-hydrogen) atoms. The van der Waals surface area contributed by atoms with E-state index in [0.717, 1.165) is 12.8 Å². The highest BCUT2D eigenvalue weighted by Gasteiger charge is 2.56. The van der Waals surface area contributed by atoms with Crippen LogP contribution in [0.4, 0.5) is 0 Å². The second-order valence-electron chi connectivity index (χ2n) is 10.5. The number of benzene rings is 3. The molecule has 176 valence electrons. The summed E-state index contributed by atoms with van der Waals surface area (Å²) in [5, 5.41) is 4.50. The maximum atomic E-state index is 2.61. The Kier molecular flexibility index (Phi) is 6.62. The minimum atomic E-state index is -2.55. The third kappa shape index (κ3) is 3.75. The molecule has 2 unspecified atom stereocenters. The van der Waals surface area contributed by atoms with Gasteiger partial charge in [0.25, 0.3) is 0 Å². The van der Waals surface area contributed by atoms with E-state index in [1.807, 2.05) is 0 Å². The summed E-state index contributed by atoms with van der Waals surface area (Å²) < 4.78 is 0. The molecule has 0 spiro atoms. The zero-order valence-electron chi connectivity index (χ0n) is 22.3. The average Bonchev–Trinajstić information content (AvgIpc) is 3.02. The second-order valence-corrected chi connectivity index (χ2v) is 14.8. The minimum Gasteiger partial charge on any atom is -0.0730 e. The Balaban J connectivity index is 2.26. The lowest BCUT2D eigenvalue weighted by atomic mass is 10.0. The van der Waals surface area contributed by atoms with Crippen LogP contribution in [0.3, 0.4) is 0 Å². The van der Waals surface area contributed by atoms with Crippen LogP contribution in [0.25, 0.3) is 0 Å². The van der Waals surface area contributed by atoms with Gasteiger partial charge in [0.2, 0.25) is 0 Å². The van der Waals surface area contributed by atoms with E-state index in [4.69, 9.17) is 0 Å². The van der Waals surface area contributed by atoms with Gasteiger partial charge in [0, 0.05) is 5.04 Å². The number of aryl methyl sites for hydroxylation is 4. The van der Waals surface area contributed by atoms with E-state index >= 15 is 0 Å². The molecule has 0 saturated heterocycles. The van der Waals surface area contributed by atoms with Crippen molar-refractivity contribution >= 4 is 23.6 Å². The van der Waals surface area contributed by atoms with Gasteiger partial charge in [0.15, 0.2) is 8.07 Å². The van der Waals surface area contributed by atoms with E-state index in [2.05, 4.69) is 128 Å². The van der Waals surface area contributed by atoms with Crippen molar-refractivity contribution in [1.82, 2.24) is 0 Å². The lowest BCUT2D eigenvalue weighted by molar-refractivity contribution is 0.870. The Morgan fingerprint density at radius 2 is 1.18 bits per heavy atom. The second kappa shape index (κ2) is 9.19. The summed E-state index contributed by atoms with van der Waals surface area (Å²) >= 11 is 0. The lowest BCUT2D eigenvalue weighted by Crippen LogP contribution is -2.73. The first-order chi connectivity index (χ1) is 16.2. The molecule has 0 fully saturated rings. The summed E-state index contributed by atoms with van der Waals surface area (Å²) in [6, 6.07) is 26.3. The Bertz CT molecular complexity index is 1230. The van der Waals surface area contributed by atoms with E-state index in [-0.39, 0.29) is 5.04 Å². The van der Waals surface area contributed by atoms with Gasteiger partial charge in [-0.2, -0.15) is 0 Å². The van der Waals surface area contributed by atoms with Crippen molar-refractivity contribution in [3.63, 3.8) is 0 Å². The molecule has 0 aromatic heterocycles. The zero-order chi connectivity index (χ0) is 24.7. The minimum absolute atomic E-state index is 0.0554. The summed E-state index contributed by atoms with van der Waals surface area (Å²) in [6.07, 6.45) is 4.73. The molecule has 0 amide bonds. The highest BCUT2D eigenvalue weighted by Crippen LogP contribution is 2.52. The molecule has 0 radical (unpaired) electrons. The van der Waals surface area contributed by atoms with Crippen LogP contribution < -0.4 is 15.6 Å². The molecule has 4 rings (SSSR count). The summed E-state index contributed by atoms with van der Waals surface area (Å²) in [7, 11) is -2.55. The molecular weight excluding hydrogens is 424 g/mol. The van der Waals surface area contributed by atoms with Crippen LogP contribution in [0.5, 0.6) is 0 Å². The molecule has 1 aliphatic carbocycles. The van der Waals surface area contributed by atoms with Crippen LogP contribution in [-0.4, -0.2) is 8.07 Å². The van der Waals surface area contributed by atoms with Gasteiger partial charge in [-0.05, 0) is 79.7 Å². The molecule has 0 N–H and O–H groups in total. The highest BCUT2D eigenvalue weighted by atomic mass is 28.3. The first-order valence-electron chi connectivity index (χ1n) is 12.8. The van der Waals surface area contributed by atoms with Gasteiger partial charge in [-0.1, -0.05) is 116 Å². The van der Waals surface area contributed by atoms with Gasteiger partial charge in [-0.15, -0.1) is 0 Å². The highest BCUT2D eigenvalue weighted by molar-refractivity contribution is 7.14. The van der Waals surface area contributed by atoms with Gasteiger partial charge in [-0.25, -0.2) is 0 Å². The molecular formula is C33H40Si. The summed E-state index contributed by atoms with van der Waals surface area (Å²) in [5.41, 5.74) is 10.0. The normalized spacial score (nSPS) is 19.8. The average molecular weight is 465 g/mol. The fraction of sp³-hybridized carbons (Fsp3) is 0.333. The molecule has 1 aliphatic rings. The maximum Gasteiger partial charge on any atom is 0.161 e. The maximum absolute atomic E-state index is 2.61. The van der Waals surface area contributed by atoms with E-state index in [1.54, 1.807) is 5.19 Å². The van der Waals surface area contributed by atoms with Crippen molar-refractivity contribution in [2.75, 3.05) is 0 Å². The first-order valence-corrected chi connectivity index (χ1v) is 14.8. The molecule has 0 nitrogen and oxygen atoms in total. The molecule has 0 heterocycles. The van der Waals surface area contributed by atoms with E-state index in [9.17, 15) is 0 Å². The third-order valence-electron chi connectivity index (χ3n) is 8.38. The van der Waals surface area contributed by atoms with Crippen molar-refractivity contribution in [3.05, 3.63) is 112 Å². The molecule has 0 aliphatic heterocycles. The van der Waals surface area contributed by atoms with Crippen molar-refractivity contribution in [2.24, 2.45) is 0 Å². The number of hydrogen-bond donors (Lipinski definition) is 0. The smallest absolute Gasteiger partial charge is 0.0730 e. The van der Waals surface area contributed by atoms with Gasteiger partial charge in [0.1, 0.15) is 0 Å². The SMILES string of the molecule is CCc1cc(CC)cc([Si](c2ccccc2)(c2cc(C)cc(C)c2)C2(C)C=C(C)C(C)=C2C)c1. The van der Waals surface area contributed by atoms with Crippen molar-refractivity contribution in [2.45, 2.75) is 73.3 Å². The Morgan fingerprint density at radius 3 is 1.65 bits per heavy atom. The van der Waals surface area contributed by atoms with Crippen molar-refractivity contribution in [3.8, 4) is 0 Å². The van der Waals surface area contributed by atoms with E-state index < -0.39 is 8.07 Å². The van der Waals surface area contributed by atoms with Gasteiger partial charge in [0.05, 0.1) is 0 Å². The molecule has 0 saturated carbocycles. The van der Waals surface area contributed by atoms with Crippen LogP contribution >= 0.6 is 0 Å². The monoisotopic (exact) mass is 464 g/mol. The van der Waals surface area contributed by atoms with Crippen LogP contribution in [-0.2, 0) is 12.8 Å². The van der Waals surface area contributed by atoms with Crippen LogP contribution in [0, 0.1) is 13.8 Å². The van der Waals surface area contributed by atoms with E-state index in [1.165, 1.54) is 49.3 Å². The third-order valence-corrected chi connectivity index (χ3v) is 14.0. The predicted molar refractivity (Wildman–Crippen MR) is 153 cm³/mol. The molecule has 1 heteroatoms. The van der Waals surface area contributed by atoms with Gasteiger partial charge in [-0.3, -0.25) is 0 Å². The standard InChI is InChI=1S/C33H40Si/c1-9-28-19-29(10-2)21-32(20-28)34(30-14-12-11-13-15-30,31-17-23(3)16-24(4)18-31)33(8)22-25(5)26(6)27(33)7/h11-22H,9-10H2,1-8H3. The molecule has 3 aromatic carbocycles. The lowest BCUT2D eigenvalue weighted by Gasteiger charge is -2.47. The molecule has 0 bridgehead atoms. The molecule has 3 aromatic rings. The van der Waals surface area contributed by atoms with Crippen LogP contribution in [0.1, 0.15) is 63.8 Å². The van der Waals surface area contributed by atoms with Crippen molar-refractivity contribution in [1.29, 1.82) is 0 Å². The van der Waals surface area contributed by atoms with E-state index in [0.29, 0.717) is 0 Å². The first kappa shape index (κ1) is 24.5. The number of allylic oxidation sites excluding steroid dienone is 4. The van der Waals surface area contributed by atoms with Crippen molar-refractivity contribution < 1.29 is 0 Å². The Labute approximate surface area is 208 Å². The van der Waals surface area contributed by atoms with Crippen LogP contribution in [0.15, 0.2) is 89.5 Å². The number of hydrogen-bond acceptors (Lipinski definition) is 0. The van der Waals surface area contributed by atoms with Gasteiger partial charge < -0.3 is 0 Å². The predicted octanol–water partition coefficient (Wildman–Crippen LogP) is 6.96. The topological polar surface area (TPSA) is 0 Å². The van der Waals surface area contributed by atoms with Gasteiger partial charge >= 0.3 is 0 Å². The number of rotatable bonds is 6. The quantitative estimate of drug-likeness (QED) is 0.273. The largest absolute Gasteiger partial charge is 0.161 e. The Morgan fingerprint density at radius 1 is 0.647 bits per heavy atom. The molecule has 2 atom stereocenters. The summed E-state index contributed by atoms with van der Waals surface area (Å²) in [6.45, 7) is 18.6.